The molecular formula is C29H31BrN2O7S2. The van der Waals surface area contributed by atoms with Crippen molar-refractivity contribution < 1.29 is 32.6 Å². The van der Waals surface area contributed by atoms with E-state index in [1.165, 1.54) is 0 Å². The minimum Gasteiger partial charge on any atom is -0.479 e. The van der Waals surface area contributed by atoms with Crippen molar-refractivity contribution in [2.75, 3.05) is 31.6 Å². The second-order valence-corrected chi connectivity index (χ2v) is 14.0. The lowest BCUT2D eigenvalue weighted by Crippen LogP contribution is -2.42. The number of rotatable bonds is 12. The van der Waals surface area contributed by atoms with E-state index in [2.05, 4.69) is 21.2 Å². The Kier molecular flexibility index (Phi) is 9.32. The van der Waals surface area contributed by atoms with Crippen molar-refractivity contribution >= 4 is 54.9 Å². The second kappa shape index (κ2) is 12.9. The highest BCUT2D eigenvalue weighted by Crippen LogP contribution is 2.46. The Morgan fingerprint density at radius 3 is 2.46 bits per heavy atom. The number of aromatic carboxylic acids is 1. The molecule has 0 atom stereocenters. The van der Waals surface area contributed by atoms with Crippen LogP contribution in [0.3, 0.4) is 0 Å². The molecular weight excluding hydrogens is 632 g/mol. The number of carboxylic acid groups (broad SMARTS) is 1. The number of carbonyl (C=O) groups is 2. The zero-order chi connectivity index (χ0) is 29.0. The van der Waals surface area contributed by atoms with Crippen LogP contribution in [0.5, 0.6) is 5.75 Å². The topological polar surface area (TPSA) is 122 Å². The number of carboxylic acids is 1. The van der Waals surface area contributed by atoms with Gasteiger partial charge in [-0.05, 0) is 70.8 Å². The van der Waals surface area contributed by atoms with Gasteiger partial charge in [0.15, 0.2) is 17.2 Å². The molecule has 2 N–H and O–H groups in total. The molecule has 1 saturated heterocycles. The van der Waals surface area contributed by atoms with Gasteiger partial charge in [0, 0.05) is 24.8 Å². The zero-order valence-electron chi connectivity index (χ0n) is 22.3. The van der Waals surface area contributed by atoms with E-state index in [0.29, 0.717) is 47.8 Å². The van der Waals surface area contributed by atoms with E-state index in [1.807, 2.05) is 54.6 Å². The van der Waals surface area contributed by atoms with Gasteiger partial charge < -0.3 is 19.9 Å². The van der Waals surface area contributed by atoms with Crippen LogP contribution in [0.1, 0.15) is 40.9 Å². The Labute approximate surface area is 251 Å². The van der Waals surface area contributed by atoms with Gasteiger partial charge in [-0.1, -0.05) is 42.5 Å². The summed E-state index contributed by atoms with van der Waals surface area (Å²) in [6.45, 7) is 0.874. The molecule has 2 fully saturated rings. The Bertz CT molecular complexity index is 1500. The average Bonchev–Trinajstić information content (AvgIpc) is 3.73. The van der Waals surface area contributed by atoms with E-state index in [1.54, 1.807) is 4.31 Å². The Morgan fingerprint density at radius 2 is 1.78 bits per heavy atom. The van der Waals surface area contributed by atoms with Crippen molar-refractivity contribution in [2.24, 2.45) is 5.92 Å². The number of ether oxygens (including phenoxy) is 2. The highest BCUT2D eigenvalue weighted by molar-refractivity contribution is 9.10. The van der Waals surface area contributed by atoms with E-state index in [-0.39, 0.29) is 29.0 Å². The van der Waals surface area contributed by atoms with Gasteiger partial charge >= 0.3 is 11.9 Å². The molecule has 0 spiro atoms. The maximum Gasteiger partial charge on any atom is 0.349 e. The fourth-order valence-corrected chi connectivity index (χ4v) is 8.11. The smallest absolute Gasteiger partial charge is 0.349 e. The number of carbonyl (C=O) groups excluding carboxylic acids is 1. The SMILES string of the molecule is O=C(COc1c(C(=O)O)sc(-c2cccc(NC3CCN(S(=O)(=O)Cc4ccccc4)CC3)c2)c1Br)OCC1CC1. The molecule has 1 aliphatic heterocycles. The van der Waals surface area contributed by atoms with Gasteiger partial charge in [0.25, 0.3) is 0 Å². The number of esters is 1. The van der Waals surface area contributed by atoms with Crippen LogP contribution in [0.25, 0.3) is 10.4 Å². The first kappa shape index (κ1) is 29.6. The molecule has 3 aromatic rings. The summed E-state index contributed by atoms with van der Waals surface area (Å²) in [4.78, 5) is 24.7. The average molecular weight is 664 g/mol. The monoisotopic (exact) mass is 662 g/mol. The van der Waals surface area contributed by atoms with Crippen LogP contribution in [0.2, 0.25) is 0 Å². The lowest BCUT2D eigenvalue weighted by molar-refractivity contribution is -0.146. The number of hydrogen-bond donors (Lipinski definition) is 2. The normalized spacial score (nSPS) is 16.3. The van der Waals surface area contributed by atoms with Crippen LogP contribution in [-0.4, -0.2) is 62.1 Å². The summed E-state index contributed by atoms with van der Waals surface area (Å²) in [6, 6.07) is 16.9. The van der Waals surface area contributed by atoms with Gasteiger partial charge in [-0.25, -0.2) is 22.3 Å². The first-order valence-electron chi connectivity index (χ1n) is 13.4. The third-order valence-electron chi connectivity index (χ3n) is 7.05. The fraction of sp³-hybridized carbons (Fsp3) is 0.379. The molecule has 0 bridgehead atoms. The van der Waals surface area contributed by atoms with Crippen LogP contribution in [0.15, 0.2) is 59.1 Å². The number of piperidine rings is 1. The summed E-state index contributed by atoms with van der Waals surface area (Å²) in [6.07, 6.45) is 3.44. The predicted octanol–water partition coefficient (Wildman–Crippen LogP) is 5.61. The van der Waals surface area contributed by atoms with Crippen molar-refractivity contribution in [3.8, 4) is 16.2 Å². The first-order valence-corrected chi connectivity index (χ1v) is 16.6. The number of sulfonamides is 1. The van der Waals surface area contributed by atoms with E-state index in [4.69, 9.17) is 9.47 Å². The van der Waals surface area contributed by atoms with Gasteiger partial charge in [-0.2, -0.15) is 0 Å². The van der Waals surface area contributed by atoms with E-state index in [9.17, 15) is 23.1 Å². The van der Waals surface area contributed by atoms with Crippen LogP contribution < -0.4 is 10.1 Å². The summed E-state index contributed by atoms with van der Waals surface area (Å²) in [7, 11) is -3.39. The predicted molar refractivity (Wildman–Crippen MR) is 161 cm³/mol. The molecule has 12 heteroatoms. The minimum atomic E-state index is -3.39. The Balaban J connectivity index is 1.22. The maximum atomic E-state index is 12.9. The van der Waals surface area contributed by atoms with Crippen molar-refractivity contribution in [1.82, 2.24) is 4.31 Å². The molecule has 0 unspecified atom stereocenters. The summed E-state index contributed by atoms with van der Waals surface area (Å²) < 4.78 is 38.6. The molecule has 1 aliphatic carbocycles. The molecule has 0 radical (unpaired) electrons. The molecule has 5 rings (SSSR count). The second-order valence-electron chi connectivity index (χ2n) is 10.3. The van der Waals surface area contributed by atoms with Crippen molar-refractivity contribution in [1.29, 1.82) is 0 Å². The standard InChI is InChI=1S/C29H31BrN2O7S2/c30-25-26(39-17-24(33)38-16-19-9-10-19)28(29(34)35)40-27(25)21-7-4-8-23(15-21)31-22-11-13-32(14-12-22)41(36,37)18-20-5-2-1-3-6-20/h1-8,15,19,22,31H,9-14,16-18H2,(H,34,35). The largest absolute Gasteiger partial charge is 0.479 e. The van der Waals surface area contributed by atoms with Gasteiger partial charge in [-0.15, -0.1) is 11.3 Å². The molecule has 2 aromatic carbocycles. The van der Waals surface area contributed by atoms with Crippen molar-refractivity contribution in [2.45, 2.75) is 37.5 Å². The molecule has 2 heterocycles. The van der Waals surface area contributed by atoms with Gasteiger partial charge in [0.05, 0.1) is 21.7 Å². The van der Waals surface area contributed by atoms with Crippen LogP contribution in [0, 0.1) is 5.92 Å². The molecule has 0 amide bonds. The van der Waals surface area contributed by atoms with E-state index in [0.717, 1.165) is 41.0 Å². The lowest BCUT2D eigenvalue weighted by Gasteiger charge is -2.32. The summed E-state index contributed by atoms with van der Waals surface area (Å²) in [5.41, 5.74) is 2.40. The van der Waals surface area contributed by atoms with Crippen LogP contribution in [-0.2, 0) is 25.3 Å². The third kappa shape index (κ3) is 7.68. The van der Waals surface area contributed by atoms with Crippen molar-refractivity contribution in [3.05, 3.63) is 69.5 Å². The molecule has 2 aliphatic rings. The number of benzene rings is 2. The number of nitrogens with zero attached hydrogens (tertiary/aromatic N) is 1. The highest BCUT2D eigenvalue weighted by Gasteiger charge is 2.29. The highest BCUT2D eigenvalue weighted by atomic mass is 79.9. The zero-order valence-corrected chi connectivity index (χ0v) is 25.5. The summed E-state index contributed by atoms with van der Waals surface area (Å²) in [5.74, 6) is -1.16. The minimum absolute atomic E-state index is 0.00461. The number of halogens is 1. The third-order valence-corrected chi connectivity index (χ3v) is 11.1. The Hall–Kier alpha value is -2.93. The van der Waals surface area contributed by atoms with Gasteiger partial charge in [0.1, 0.15) is 0 Å². The Morgan fingerprint density at radius 1 is 1.05 bits per heavy atom. The number of nitrogens with one attached hydrogen (secondary N) is 1. The van der Waals surface area contributed by atoms with Crippen LogP contribution in [0.4, 0.5) is 5.69 Å². The number of hydrogen-bond acceptors (Lipinski definition) is 8. The molecule has 1 saturated carbocycles. The van der Waals surface area contributed by atoms with Crippen molar-refractivity contribution in [3.63, 3.8) is 0 Å². The summed E-state index contributed by atoms with van der Waals surface area (Å²) in [5, 5.41) is 13.3. The number of thiophene rings is 1. The van der Waals surface area contributed by atoms with Gasteiger partial charge in [-0.3, -0.25) is 0 Å². The summed E-state index contributed by atoms with van der Waals surface area (Å²) >= 11 is 4.55. The maximum absolute atomic E-state index is 12.9. The van der Waals surface area contributed by atoms with E-state index >= 15 is 0 Å². The first-order chi connectivity index (χ1) is 19.7. The number of anilines is 1. The molecule has 9 nitrogen and oxygen atoms in total. The fourth-order valence-electron chi connectivity index (χ4n) is 4.66. The van der Waals surface area contributed by atoms with Crippen LogP contribution >= 0.6 is 27.3 Å². The van der Waals surface area contributed by atoms with E-state index < -0.39 is 22.0 Å². The lowest BCUT2D eigenvalue weighted by atomic mass is 10.1. The quantitative estimate of drug-likeness (QED) is 0.240. The van der Waals surface area contributed by atoms with Gasteiger partial charge in [0.2, 0.25) is 10.0 Å². The molecule has 218 valence electrons. The molecule has 1 aromatic heterocycles. The molecule has 41 heavy (non-hydrogen) atoms.